The fraction of sp³-hybridized carbons (Fsp3) is 0.241. The van der Waals surface area contributed by atoms with E-state index >= 15 is 0 Å². The van der Waals surface area contributed by atoms with Gasteiger partial charge in [-0.1, -0.05) is 18.2 Å². The number of aliphatic hydroxyl groups is 1. The van der Waals surface area contributed by atoms with Gasteiger partial charge in [0.1, 0.15) is 29.1 Å². The minimum atomic E-state index is -0.874. The van der Waals surface area contributed by atoms with E-state index in [1.165, 1.54) is 11.2 Å². The lowest BCUT2D eigenvalue weighted by Crippen LogP contribution is -2.31. The minimum Gasteiger partial charge on any atom is -0.507 e. The molecule has 190 valence electrons. The summed E-state index contributed by atoms with van der Waals surface area (Å²) in [5, 5.41) is 12.5. The number of hydrogen-bond acceptors (Lipinski definition) is 6. The fourth-order valence-electron chi connectivity index (χ4n) is 4.81. The van der Waals surface area contributed by atoms with Gasteiger partial charge in [-0.25, -0.2) is 0 Å². The molecule has 1 amide bonds. The summed E-state index contributed by atoms with van der Waals surface area (Å²) in [4.78, 5) is 31.3. The van der Waals surface area contributed by atoms with Crippen molar-refractivity contribution >= 4 is 28.4 Å². The molecular weight excluding hydrogens is 472 g/mol. The molecule has 1 aliphatic rings. The lowest BCUT2D eigenvalue weighted by atomic mass is 9.98. The zero-order valence-electron chi connectivity index (χ0n) is 20.7. The van der Waals surface area contributed by atoms with Crippen LogP contribution in [-0.4, -0.2) is 46.4 Å². The van der Waals surface area contributed by atoms with Crippen LogP contribution in [-0.2, 0) is 16.0 Å². The maximum absolute atomic E-state index is 13.3. The highest BCUT2D eigenvalue weighted by atomic mass is 16.5. The first-order valence-electron chi connectivity index (χ1n) is 12.3. The third-order valence-corrected chi connectivity index (χ3v) is 6.47. The Morgan fingerprint density at radius 3 is 2.62 bits per heavy atom. The van der Waals surface area contributed by atoms with Gasteiger partial charge in [-0.15, -0.1) is 0 Å². The Kier molecular flexibility index (Phi) is 6.72. The zero-order valence-corrected chi connectivity index (χ0v) is 20.7. The number of ketones is 1. The van der Waals surface area contributed by atoms with Crippen molar-refractivity contribution in [3.05, 3.63) is 89.5 Å². The molecule has 5 rings (SSSR count). The van der Waals surface area contributed by atoms with Gasteiger partial charge in [-0.3, -0.25) is 9.59 Å². The van der Waals surface area contributed by atoms with Crippen molar-refractivity contribution in [3.8, 4) is 11.5 Å². The van der Waals surface area contributed by atoms with Crippen LogP contribution in [0.1, 0.15) is 36.8 Å². The van der Waals surface area contributed by atoms with Crippen molar-refractivity contribution < 1.29 is 28.6 Å². The lowest BCUT2D eigenvalue weighted by Gasteiger charge is -2.23. The van der Waals surface area contributed by atoms with Crippen LogP contribution in [0.2, 0.25) is 0 Å². The Balaban J connectivity index is 1.55. The van der Waals surface area contributed by atoms with Gasteiger partial charge in [0.25, 0.3) is 11.7 Å². The largest absolute Gasteiger partial charge is 0.507 e. The summed E-state index contributed by atoms with van der Waals surface area (Å²) in [7, 11) is 0. The van der Waals surface area contributed by atoms with Crippen LogP contribution in [0.4, 0.5) is 0 Å². The zero-order chi connectivity index (χ0) is 25.9. The molecule has 37 heavy (non-hydrogen) atoms. The Hall–Kier alpha value is -4.46. The van der Waals surface area contributed by atoms with Crippen LogP contribution in [0.3, 0.4) is 0 Å². The number of benzene rings is 2. The van der Waals surface area contributed by atoms with Crippen molar-refractivity contribution in [2.24, 2.45) is 0 Å². The lowest BCUT2D eigenvalue weighted by molar-refractivity contribution is -0.140. The molecule has 4 aromatic rings. The molecule has 8 heteroatoms. The Bertz CT molecular complexity index is 1470. The molecule has 1 aliphatic heterocycles. The number of rotatable bonds is 9. The van der Waals surface area contributed by atoms with E-state index in [2.05, 4.69) is 4.98 Å². The molecule has 1 unspecified atom stereocenters. The van der Waals surface area contributed by atoms with Crippen LogP contribution in [0.5, 0.6) is 11.5 Å². The first-order chi connectivity index (χ1) is 18.0. The molecule has 0 bridgehead atoms. The van der Waals surface area contributed by atoms with Crippen LogP contribution >= 0.6 is 0 Å². The highest BCUT2D eigenvalue weighted by Gasteiger charge is 2.47. The topological polar surface area (TPSA) is 105 Å². The van der Waals surface area contributed by atoms with Crippen molar-refractivity contribution in [2.45, 2.75) is 26.3 Å². The third kappa shape index (κ3) is 4.46. The van der Waals surface area contributed by atoms with E-state index in [4.69, 9.17) is 13.9 Å². The molecule has 0 aliphatic carbocycles. The number of carbonyl (C=O) groups excluding carboxylic acids is 2. The first-order valence-corrected chi connectivity index (χ1v) is 12.3. The minimum absolute atomic E-state index is 0.0380. The highest BCUT2D eigenvalue weighted by Crippen LogP contribution is 2.42. The number of aliphatic hydroxyl groups excluding tert-OH is 1. The SMILES string of the molecule is CCOc1ccc(/C(O)=C2/C(=O)C(=O)N(CCc3c[nH]c4ccccc34)C2c2ccco2)c(OCC)c1. The predicted molar refractivity (Wildman–Crippen MR) is 139 cm³/mol. The maximum Gasteiger partial charge on any atom is 0.295 e. The van der Waals surface area contributed by atoms with Crippen LogP contribution < -0.4 is 9.47 Å². The average Bonchev–Trinajstić information content (AvgIpc) is 3.63. The smallest absolute Gasteiger partial charge is 0.295 e. The first kappa shape index (κ1) is 24.2. The average molecular weight is 501 g/mol. The van der Waals surface area contributed by atoms with Gasteiger partial charge in [0.15, 0.2) is 0 Å². The van der Waals surface area contributed by atoms with Gasteiger partial charge in [0, 0.05) is 29.7 Å². The number of carbonyl (C=O) groups is 2. The number of Topliss-reactive ketones (excluding diaryl/α,β-unsaturated/α-hetero) is 1. The Morgan fingerprint density at radius 1 is 1.05 bits per heavy atom. The molecule has 0 radical (unpaired) electrons. The number of furan rings is 1. The third-order valence-electron chi connectivity index (χ3n) is 6.47. The summed E-state index contributed by atoms with van der Waals surface area (Å²) in [6.07, 6.45) is 3.91. The molecule has 1 fully saturated rings. The number of aromatic nitrogens is 1. The van der Waals surface area contributed by atoms with Gasteiger partial charge >= 0.3 is 0 Å². The Morgan fingerprint density at radius 2 is 1.86 bits per heavy atom. The Labute approximate surface area is 214 Å². The molecular formula is C29H28N2O6. The van der Waals surface area contributed by atoms with E-state index in [-0.39, 0.29) is 17.9 Å². The van der Waals surface area contributed by atoms with Gasteiger partial charge < -0.3 is 28.9 Å². The summed E-state index contributed by atoms with van der Waals surface area (Å²) < 4.78 is 17.0. The number of likely N-dealkylation sites (tertiary alicyclic amines) is 1. The second kappa shape index (κ2) is 10.3. The van der Waals surface area contributed by atoms with Crippen LogP contribution in [0.25, 0.3) is 16.7 Å². The molecule has 1 saturated heterocycles. The molecule has 1 atom stereocenters. The number of para-hydroxylation sites is 1. The summed E-state index contributed by atoms with van der Waals surface area (Å²) >= 11 is 0. The summed E-state index contributed by atoms with van der Waals surface area (Å²) in [5.74, 6) is -0.455. The van der Waals surface area contributed by atoms with Gasteiger partial charge in [0.2, 0.25) is 0 Å². The van der Waals surface area contributed by atoms with E-state index < -0.39 is 17.7 Å². The molecule has 2 aromatic heterocycles. The molecule has 2 aromatic carbocycles. The van der Waals surface area contributed by atoms with Crippen molar-refractivity contribution in [3.63, 3.8) is 0 Å². The van der Waals surface area contributed by atoms with Crippen molar-refractivity contribution in [1.29, 1.82) is 0 Å². The van der Waals surface area contributed by atoms with E-state index in [9.17, 15) is 14.7 Å². The molecule has 8 nitrogen and oxygen atoms in total. The number of H-pyrrole nitrogens is 1. The van der Waals surface area contributed by atoms with Gasteiger partial charge in [0.05, 0.1) is 30.6 Å². The number of aromatic amines is 1. The molecule has 2 N–H and O–H groups in total. The van der Waals surface area contributed by atoms with Gasteiger partial charge in [-0.05, 0) is 56.2 Å². The number of hydrogen-bond donors (Lipinski definition) is 2. The normalized spacial score (nSPS) is 17.0. The second-order valence-electron chi connectivity index (χ2n) is 8.64. The van der Waals surface area contributed by atoms with E-state index in [1.807, 2.05) is 44.3 Å². The summed E-state index contributed by atoms with van der Waals surface area (Å²) in [6, 6.07) is 15.4. The monoisotopic (exact) mass is 500 g/mol. The number of nitrogens with one attached hydrogen (secondary N) is 1. The van der Waals surface area contributed by atoms with Crippen molar-refractivity contribution in [2.75, 3.05) is 19.8 Å². The van der Waals surface area contributed by atoms with E-state index in [0.717, 1.165) is 16.5 Å². The van der Waals surface area contributed by atoms with Crippen LogP contribution in [0.15, 0.2) is 77.0 Å². The number of amides is 1. The number of nitrogens with zero attached hydrogens (tertiary/aromatic N) is 1. The molecule has 0 spiro atoms. The second-order valence-corrected chi connectivity index (χ2v) is 8.64. The predicted octanol–water partition coefficient (Wildman–Crippen LogP) is 5.22. The maximum atomic E-state index is 13.3. The summed E-state index contributed by atoms with van der Waals surface area (Å²) in [6.45, 7) is 4.77. The standard InChI is InChI=1S/C29H28N2O6/c1-3-35-19-11-12-21(24(16-19)36-4-2)27(32)25-26(23-10-7-15-37-23)31(29(34)28(25)33)14-13-18-17-30-22-9-6-5-8-20(18)22/h5-12,15-17,26,30,32H,3-4,13-14H2,1-2H3/b27-25-. The fourth-order valence-corrected chi connectivity index (χ4v) is 4.81. The van der Waals surface area contributed by atoms with Crippen LogP contribution in [0, 0.1) is 0 Å². The summed E-state index contributed by atoms with van der Waals surface area (Å²) in [5.41, 5.74) is 2.29. The highest BCUT2D eigenvalue weighted by molar-refractivity contribution is 6.46. The number of ether oxygens (including phenoxy) is 2. The quantitative estimate of drug-likeness (QED) is 0.185. The number of fused-ring (bicyclic) bond motifs is 1. The van der Waals surface area contributed by atoms with Gasteiger partial charge in [-0.2, -0.15) is 0 Å². The molecule has 3 heterocycles. The van der Waals surface area contributed by atoms with E-state index in [1.54, 1.807) is 30.3 Å². The van der Waals surface area contributed by atoms with E-state index in [0.29, 0.717) is 42.5 Å². The van der Waals surface area contributed by atoms with Crippen molar-refractivity contribution in [1.82, 2.24) is 9.88 Å². The molecule has 0 saturated carbocycles.